The van der Waals surface area contributed by atoms with Crippen molar-refractivity contribution in [2.75, 3.05) is 37.3 Å². The van der Waals surface area contributed by atoms with Gasteiger partial charge in [-0.15, -0.1) is 5.10 Å². The summed E-state index contributed by atoms with van der Waals surface area (Å²) < 4.78 is 24.9. The van der Waals surface area contributed by atoms with Gasteiger partial charge in [-0.05, 0) is 50.2 Å². The lowest BCUT2D eigenvalue weighted by atomic mass is 9.71. The van der Waals surface area contributed by atoms with Gasteiger partial charge in [-0.3, -0.25) is 0 Å². The smallest absolute Gasteiger partial charge is 0.211 e. The van der Waals surface area contributed by atoms with Crippen LogP contribution in [0.25, 0.3) is 0 Å². The first kappa shape index (κ1) is 15.7. The second kappa shape index (κ2) is 5.77. The van der Waals surface area contributed by atoms with Gasteiger partial charge in [0.05, 0.1) is 11.9 Å². The van der Waals surface area contributed by atoms with E-state index in [-0.39, 0.29) is 0 Å². The summed E-state index contributed by atoms with van der Waals surface area (Å²) in [6, 6.07) is 4.03. The van der Waals surface area contributed by atoms with Gasteiger partial charge in [0.2, 0.25) is 10.0 Å². The fourth-order valence-corrected chi connectivity index (χ4v) is 4.41. The Morgan fingerprint density at radius 2 is 1.59 bits per heavy atom. The summed E-state index contributed by atoms with van der Waals surface area (Å²) in [6.07, 6.45) is 5.49. The van der Waals surface area contributed by atoms with Crippen LogP contribution in [0.1, 0.15) is 31.4 Å². The summed E-state index contributed by atoms with van der Waals surface area (Å²) in [5, 5.41) is 8.40. The van der Waals surface area contributed by atoms with E-state index in [1.165, 1.54) is 6.26 Å². The molecule has 0 amide bonds. The van der Waals surface area contributed by atoms with Gasteiger partial charge >= 0.3 is 0 Å². The predicted molar refractivity (Wildman–Crippen MR) is 86.3 cm³/mol. The first-order chi connectivity index (χ1) is 10.4. The van der Waals surface area contributed by atoms with Gasteiger partial charge in [0.1, 0.15) is 0 Å². The number of anilines is 1. The molecule has 3 rings (SSSR count). The normalized spacial score (nSPS) is 22.9. The predicted octanol–water partition coefficient (Wildman–Crippen LogP) is 1.43. The maximum absolute atomic E-state index is 11.6. The molecule has 2 saturated heterocycles. The van der Waals surface area contributed by atoms with Crippen molar-refractivity contribution in [3.05, 3.63) is 17.8 Å². The van der Waals surface area contributed by atoms with Gasteiger partial charge in [0, 0.05) is 26.2 Å². The maximum atomic E-state index is 11.6. The van der Waals surface area contributed by atoms with Crippen LogP contribution in [-0.2, 0) is 10.0 Å². The van der Waals surface area contributed by atoms with Gasteiger partial charge in [0.15, 0.2) is 5.82 Å². The number of hydrogen-bond donors (Lipinski definition) is 0. The summed E-state index contributed by atoms with van der Waals surface area (Å²) in [5.41, 5.74) is 1.25. The molecule has 1 aromatic heterocycles. The maximum Gasteiger partial charge on any atom is 0.211 e. The first-order valence-corrected chi connectivity index (χ1v) is 9.73. The minimum atomic E-state index is -3.03. The zero-order chi connectivity index (χ0) is 15.8. The average molecular weight is 324 g/mol. The van der Waals surface area contributed by atoms with Crippen molar-refractivity contribution in [2.45, 2.75) is 32.6 Å². The number of hydrogen-bond acceptors (Lipinski definition) is 5. The van der Waals surface area contributed by atoms with E-state index in [0.717, 1.165) is 50.3 Å². The third-order valence-corrected chi connectivity index (χ3v) is 6.49. The minimum Gasteiger partial charge on any atom is -0.355 e. The van der Waals surface area contributed by atoms with E-state index in [9.17, 15) is 8.42 Å². The molecule has 6 nitrogen and oxygen atoms in total. The van der Waals surface area contributed by atoms with E-state index in [0.29, 0.717) is 18.5 Å². The van der Waals surface area contributed by atoms with E-state index in [1.54, 1.807) is 4.31 Å². The quantitative estimate of drug-likeness (QED) is 0.823. The third kappa shape index (κ3) is 3.25. The lowest BCUT2D eigenvalue weighted by Gasteiger charge is -2.46. The molecule has 0 bridgehead atoms. The van der Waals surface area contributed by atoms with Crippen molar-refractivity contribution < 1.29 is 8.42 Å². The number of nitrogens with zero attached hydrogens (tertiary/aromatic N) is 4. The second-order valence-corrected chi connectivity index (χ2v) is 8.66. The summed E-state index contributed by atoms with van der Waals surface area (Å²) in [5.74, 6) is 0.953. The van der Waals surface area contributed by atoms with Gasteiger partial charge in [-0.25, -0.2) is 12.7 Å². The lowest BCUT2D eigenvalue weighted by Crippen LogP contribution is -2.48. The summed E-state index contributed by atoms with van der Waals surface area (Å²) in [7, 11) is -3.03. The van der Waals surface area contributed by atoms with Gasteiger partial charge in [-0.1, -0.05) is 0 Å². The van der Waals surface area contributed by atoms with Crippen LogP contribution in [0.5, 0.6) is 0 Å². The Labute approximate surface area is 132 Å². The van der Waals surface area contributed by atoms with Crippen molar-refractivity contribution >= 4 is 15.8 Å². The Morgan fingerprint density at radius 1 is 1.00 bits per heavy atom. The van der Waals surface area contributed by atoms with E-state index in [4.69, 9.17) is 0 Å². The highest BCUT2D eigenvalue weighted by Gasteiger charge is 2.39. The number of piperidine rings is 2. The summed E-state index contributed by atoms with van der Waals surface area (Å²) >= 11 is 0. The van der Waals surface area contributed by atoms with Gasteiger partial charge < -0.3 is 4.90 Å². The topological polar surface area (TPSA) is 66.4 Å². The molecule has 1 spiro atoms. The molecule has 2 aliphatic heterocycles. The molecule has 0 radical (unpaired) electrons. The minimum absolute atomic E-state index is 0.315. The van der Waals surface area contributed by atoms with Crippen LogP contribution in [0.15, 0.2) is 12.1 Å². The van der Waals surface area contributed by atoms with Crippen LogP contribution in [0.2, 0.25) is 0 Å². The monoisotopic (exact) mass is 324 g/mol. The summed E-state index contributed by atoms with van der Waals surface area (Å²) in [6.45, 7) is 5.25. The average Bonchev–Trinajstić information content (AvgIpc) is 2.49. The van der Waals surface area contributed by atoms with Crippen LogP contribution in [0, 0.1) is 12.3 Å². The van der Waals surface area contributed by atoms with Crippen LogP contribution >= 0.6 is 0 Å². The number of aromatic nitrogens is 2. The second-order valence-electron chi connectivity index (χ2n) is 6.68. The molecule has 1 aromatic rings. The van der Waals surface area contributed by atoms with E-state index in [1.807, 2.05) is 19.1 Å². The first-order valence-electron chi connectivity index (χ1n) is 7.88. The molecule has 2 fully saturated rings. The third-order valence-electron chi connectivity index (χ3n) is 5.18. The van der Waals surface area contributed by atoms with E-state index >= 15 is 0 Å². The Morgan fingerprint density at radius 3 is 2.09 bits per heavy atom. The molecule has 0 saturated carbocycles. The van der Waals surface area contributed by atoms with Crippen LogP contribution in [0.3, 0.4) is 0 Å². The molecule has 0 atom stereocenters. The number of sulfonamides is 1. The SMILES string of the molecule is Cc1ccc(N2CCC3(CC2)CCN(S(C)(=O)=O)CC3)nn1. The molecular weight excluding hydrogens is 300 g/mol. The van der Waals surface area contributed by atoms with Crippen molar-refractivity contribution in [3.63, 3.8) is 0 Å². The number of rotatable bonds is 2. The molecule has 122 valence electrons. The Balaban J connectivity index is 1.59. The lowest BCUT2D eigenvalue weighted by molar-refractivity contribution is 0.119. The fraction of sp³-hybridized carbons (Fsp3) is 0.733. The summed E-state index contributed by atoms with van der Waals surface area (Å²) in [4.78, 5) is 2.29. The standard InChI is InChI=1S/C15H24N4O2S/c1-13-3-4-14(17-16-13)18-9-5-15(6-10-18)7-11-19(12-8-15)22(2,20)21/h3-4H,5-12H2,1-2H3. The molecule has 0 unspecified atom stereocenters. The number of aryl methyl sites for hydroxylation is 1. The molecular formula is C15H24N4O2S. The van der Waals surface area contributed by atoms with Gasteiger partial charge in [0.25, 0.3) is 0 Å². The Bertz CT molecular complexity index is 611. The molecule has 22 heavy (non-hydrogen) atoms. The van der Waals surface area contributed by atoms with Crippen LogP contribution in [0.4, 0.5) is 5.82 Å². The highest BCUT2D eigenvalue weighted by atomic mass is 32.2. The molecule has 0 aromatic carbocycles. The van der Waals surface area contributed by atoms with E-state index < -0.39 is 10.0 Å². The van der Waals surface area contributed by atoms with E-state index in [2.05, 4.69) is 15.1 Å². The van der Waals surface area contributed by atoms with Crippen molar-refractivity contribution in [1.82, 2.24) is 14.5 Å². The van der Waals surface area contributed by atoms with Crippen LogP contribution in [-0.4, -0.2) is 55.4 Å². The zero-order valence-electron chi connectivity index (χ0n) is 13.3. The van der Waals surface area contributed by atoms with Crippen molar-refractivity contribution in [2.24, 2.45) is 5.41 Å². The molecule has 0 aliphatic carbocycles. The van der Waals surface area contributed by atoms with Crippen molar-refractivity contribution in [3.8, 4) is 0 Å². The molecule has 3 heterocycles. The fourth-order valence-electron chi connectivity index (χ4n) is 3.56. The molecule has 0 N–H and O–H groups in total. The van der Waals surface area contributed by atoms with Gasteiger partial charge in [-0.2, -0.15) is 5.10 Å². The van der Waals surface area contributed by atoms with Crippen LogP contribution < -0.4 is 4.90 Å². The largest absolute Gasteiger partial charge is 0.355 e. The zero-order valence-corrected chi connectivity index (χ0v) is 14.1. The Kier molecular flexibility index (Phi) is 4.11. The molecule has 7 heteroatoms. The molecule has 2 aliphatic rings. The van der Waals surface area contributed by atoms with Crippen molar-refractivity contribution in [1.29, 1.82) is 0 Å². The Hall–Kier alpha value is -1.21. The highest BCUT2D eigenvalue weighted by Crippen LogP contribution is 2.42. The highest BCUT2D eigenvalue weighted by molar-refractivity contribution is 7.88.